The number of benzene rings is 1. The Labute approximate surface area is 160 Å². The van der Waals surface area contributed by atoms with Crippen molar-refractivity contribution in [2.24, 2.45) is 10.9 Å². The number of nitrogens with zero attached hydrogens (tertiary/aromatic N) is 2. The Morgan fingerprint density at radius 3 is 2.85 bits per heavy atom. The van der Waals surface area contributed by atoms with Crippen LogP contribution in [0.2, 0.25) is 0 Å². The molecule has 0 radical (unpaired) electrons. The first-order valence-electron chi connectivity index (χ1n) is 9.41. The third-order valence-electron chi connectivity index (χ3n) is 4.64. The van der Waals surface area contributed by atoms with Gasteiger partial charge < -0.3 is 15.4 Å². The molecule has 0 bridgehead atoms. The molecule has 3 rings (SSSR count). The van der Waals surface area contributed by atoms with E-state index in [2.05, 4.69) is 20.6 Å². The number of aryl methyl sites for hydroxylation is 1. The second-order valence-corrected chi connectivity index (χ2v) is 6.93. The first-order chi connectivity index (χ1) is 13.1. The zero-order valence-electron chi connectivity index (χ0n) is 16.0. The summed E-state index contributed by atoms with van der Waals surface area (Å²) in [5.74, 6) is 1.92. The molecule has 0 saturated heterocycles. The van der Waals surface area contributed by atoms with Crippen molar-refractivity contribution in [2.45, 2.75) is 32.7 Å². The molecule has 1 fully saturated rings. The summed E-state index contributed by atoms with van der Waals surface area (Å²) in [7, 11) is 1.75. The van der Waals surface area contributed by atoms with Gasteiger partial charge in [0.2, 0.25) is 5.88 Å². The SMILES string of the molecule is CN=C(NCCc1ccc(F)cc1C)NCc1ccnc(OCC2CC2)c1. The maximum Gasteiger partial charge on any atom is 0.213 e. The quantitative estimate of drug-likeness (QED) is 0.553. The van der Waals surface area contributed by atoms with Gasteiger partial charge in [0, 0.05) is 32.4 Å². The van der Waals surface area contributed by atoms with Crippen LogP contribution in [-0.2, 0) is 13.0 Å². The average Bonchev–Trinajstić information content (AvgIpc) is 3.49. The van der Waals surface area contributed by atoms with Crippen molar-refractivity contribution < 1.29 is 9.13 Å². The van der Waals surface area contributed by atoms with E-state index in [1.165, 1.54) is 18.9 Å². The number of hydrogen-bond acceptors (Lipinski definition) is 3. The van der Waals surface area contributed by atoms with E-state index >= 15 is 0 Å². The summed E-state index contributed by atoms with van der Waals surface area (Å²) < 4.78 is 18.9. The molecule has 0 atom stereocenters. The van der Waals surface area contributed by atoms with Crippen LogP contribution >= 0.6 is 0 Å². The Hall–Kier alpha value is -2.63. The maximum atomic E-state index is 13.2. The molecule has 1 heterocycles. The lowest BCUT2D eigenvalue weighted by molar-refractivity contribution is 0.288. The van der Waals surface area contributed by atoms with Crippen LogP contribution in [-0.4, -0.2) is 31.1 Å². The lowest BCUT2D eigenvalue weighted by atomic mass is 10.1. The van der Waals surface area contributed by atoms with E-state index in [1.54, 1.807) is 19.3 Å². The van der Waals surface area contributed by atoms with Gasteiger partial charge in [0.25, 0.3) is 0 Å². The monoisotopic (exact) mass is 370 g/mol. The number of aliphatic imine (C=N–C) groups is 1. The molecular formula is C21H27FN4O. The van der Waals surface area contributed by atoms with Crippen molar-refractivity contribution in [2.75, 3.05) is 20.2 Å². The largest absolute Gasteiger partial charge is 0.477 e. The molecule has 5 nitrogen and oxygen atoms in total. The number of hydrogen-bond donors (Lipinski definition) is 2. The average molecular weight is 370 g/mol. The first-order valence-corrected chi connectivity index (χ1v) is 9.41. The van der Waals surface area contributed by atoms with Crippen LogP contribution in [0.15, 0.2) is 41.5 Å². The molecule has 1 aliphatic rings. The Morgan fingerprint density at radius 1 is 1.26 bits per heavy atom. The third kappa shape index (κ3) is 6.24. The smallest absolute Gasteiger partial charge is 0.213 e. The molecule has 0 amide bonds. The van der Waals surface area contributed by atoms with Gasteiger partial charge in [0.15, 0.2) is 5.96 Å². The molecule has 1 aromatic heterocycles. The molecule has 2 N–H and O–H groups in total. The number of rotatable bonds is 8. The maximum absolute atomic E-state index is 13.2. The second kappa shape index (κ2) is 9.35. The van der Waals surface area contributed by atoms with E-state index in [1.807, 2.05) is 25.1 Å². The Balaban J connectivity index is 1.44. The summed E-state index contributed by atoms with van der Waals surface area (Å²) in [4.78, 5) is 8.51. The van der Waals surface area contributed by atoms with Gasteiger partial charge in [-0.3, -0.25) is 4.99 Å². The van der Waals surface area contributed by atoms with Crippen LogP contribution in [0.4, 0.5) is 4.39 Å². The summed E-state index contributed by atoms with van der Waals surface area (Å²) >= 11 is 0. The number of ether oxygens (including phenoxy) is 1. The van der Waals surface area contributed by atoms with Crippen LogP contribution in [0, 0.1) is 18.7 Å². The molecule has 2 aromatic rings. The zero-order chi connectivity index (χ0) is 19.1. The van der Waals surface area contributed by atoms with Gasteiger partial charge in [-0.25, -0.2) is 9.37 Å². The molecular weight excluding hydrogens is 343 g/mol. The number of aromatic nitrogens is 1. The van der Waals surface area contributed by atoms with E-state index in [-0.39, 0.29) is 5.82 Å². The van der Waals surface area contributed by atoms with Crippen LogP contribution in [0.1, 0.15) is 29.5 Å². The molecule has 1 aliphatic carbocycles. The Bertz CT molecular complexity index is 790. The normalized spacial score (nSPS) is 14.1. The fraction of sp³-hybridized carbons (Fsp3) is 0.429. The van der Waals surface area contributed by atoms with Gasteiger partial charge in [-0.1, -0.05) is 6.07 Å². The van der Waals surface area contributed by atoms with E-state index in [4.69, 9.17) is 4.74 Å². The molecule has 0 spiro atoms. The molecule has 1 aromatic carbocycles. The lowest BCUT2D eigenvalue weighted by Crippen LogP contribution is -2.37. The van der Waals surface area contributed by atoms with Gasteiger partial charge in [0.05, 0.1) is 6.61 Å². The number of halogens is 1. The first kappa shape index (κ1) is 19.1. The van der Waals surface area contributed by atoms with E-state index < -0.39 is 0 Å². The Kier molecular flexibility index (Phi) is 6.63. The lowest BCUT2D eigenvalue weighted by Gasteiger charge is -2.13. The van der Waals surface area contributed by atoms with E-state index in [0.717, 1.165) is 42.2 Å². The minimum absolute atomic E-state index is 0.195. The summed E-state index contributed by atoms with van der Waals surface area (Å²) in [6.45, 7) is 4.05. The van der Waals surface area contributed by atoms with Crippen molar-refractivity contribution in [1.82, 2.24) is 15.6 Å². The minimum Gasteiger partial charge on any atom is -0.477 e. The highest BCUT2D eigenvalue weighted by Gasteiger charge is 2.22. The summed E-state index contributed by atoms with van der Waals surface area (Å²) in [5, 5.41) is 6.59. The van der Waals surface area contributed by atoms with Crippen molar-refractivity contribution in [3.05, 3.63) is 59.0 Å². The molecule has 27 heavy (non-hydrogen) atoms. The van der Waals surface area contributed by atoms with Gasteiger partial charge in [-0.15, -0.1) is 0 Å². The van der Waals surface area contributed by atoms with Crippen molar-refractivity contribution in [3.63, 3.8) is 0 Å². The molecule has 0 aliphatic heterocycles. The van der Waals surface area contributed by atoms with Crippen LogP contribution in [0.5, 0.6) is 5.88 Å². The summed E-state index contributed by atoms with van der Waals surface area (Å²) in [6, 6.07) is 8.83. The second-order valence-electron chi connectivity index (χ2n) is 6.93. The molecule has 6 heteroatoms. The zero-order valence-corrected chi connectivity index (χ0v) is 16.0. The van der Waals surface area contributed by atoms with E-state index in [9.17, 15) is 4.39 Å². The van der Waals surface area contributed by atoms with E-state index in [0.29, 0.717) is 18.3 Å². The Morgan fingerprint density at radius 2 is 2.11 bits per heavy atom. The van der Waals surface area contributed by atoms with Gasteiger partial charge in [-0.2, -0.15) is 0 Å². The standard InChI is InChI=1S/C21H27FN4O/c1-15-11-19(22)6-5-18(15)8-10-25-21(23-2)26-13-17-7-9-24-20(12-17)27-14-16-3-4-16/h5-7,9,11-12,16H,3-4,8,10,13-14H2,1-2H3,(H2,23,25,26). The predicted molar refractivity (Wildman–Crippen MR) is 105 cm³/mol. The fourth-order valence-electron chi connectivity index (χ4n) is 2.79. The highest BCUT2D eigenvalue weighted by molar-refractivity contribution is 5.79. The van der Waals surface area contributed by atoms with Gasteiger partial charge >= 0.3 is 0 Å². The summed E-state index contributed by atoms with van der Waals surface area (Å²) in [5.41, 5.74) is 3.19. The molecule has 144 valence electrons. The number of nitrogens with one attached hydrogen (secondary N) is 2. The molecule has 0 unspecified atom stereocenters. The van der Waals surface area contributed by atoms with Crippen LogP contribution < -0.4 is 15.4 Å². The predicted octanol–water partition coefficient (Wildman–Crippen LogP) is 3.23. The molecule has 1 saturated carbocycles. The van der Waals surface area contributed by atoms with Crippen LogP contribution in [0.25, 0.3) is 0 Å². The fourth-order valence-corrected chi connectivity index (χ4v) is 2.79. The van der Waals surface area contributed by atoms with Crippen molar-refractivity contribution in [3.8, 4) is 5.88 Å². The van der Waals surface area contributed by atoms with Gasteiger partial charge in [0.1, 0.15) is 5.82 Å². The van der Waals surface area contributed by atoms with Crippen molar-refractivity contribution >= 4 is 5.96 Å². The minimum atomic E-state index is -0.195. The topological polar surface area (TPSA) is 58.5 Å². The summed E-state index contributed by atoms with van der Waals surface area (Å²) in [6.07, 6.45) is 5.11. The number of guanidine groups is 1. The van der Waals surface area contributed by atoms with Gasteiger partial charge in [-0.05, 0) is 67.0 Å². The van der Waals surface area contributed by atoms with Crippen LogP contribution in [0.3, 0.4) is 0 Å². The number of pyridine rings is 1. The highest BCUT2D eigenvalue weighted by Crippen LogP contribution is 2.29. The highest BCUT2D eigenvalue weighted by atomic mass is 19.1. The third-order valence-corrected chi connectivity index (χ3v) is 4.64. The van der Waals surface area contributed by atoms with Crippen molar-refractivity contribution in [1.29, 1.82) is 0 Å².